The molecule has 1 aromatic heterocycles. The van der Waals surface area contributed by atoms with Gasteiger partial charge < -0.3 is 10.2 Å². The minimum atomic E-state index is 0.258. The van der Waals surface area contributed by atoms with Crippen LogP contribution in [0.2, 0.25) is 0 Å². The highest BCUT2D eigenvalue weighted by atomic mass is 16.5. The summed E-state index contributed by atoms with van der Waals surface area (Å²) in [7, 11) is 0. The Morgan fingerprint density at radius 1 is 1.35 bits per heavy atom. The van der Waals surface area contributed by atoms with Crippen molar-refractivity contribution in [1.29, 1.82) is 0 Å². The summed E-state index contributed by atoms with van der Waals surface area (Å²) in [6.07, 6.45) is 3.22. The molecule has 1 rings (SSSR count). The van der Waals surface area contributed by atoms with E-state index in [4.69, 9.17) is 10.6 Å². The number of nitrogens with two attached hydrogens (primary N) is 1. The second-order valence-electron chi connectivity index (χ2n) is 5.16. The van der Waals surface area contributed by atoms with Crippen LogP contribution in [0.25, 0.3) is 0 Å². The van der Waals surface area contributed by atoms with E-state index < -0.39 is 0 Å². The van der Waals surface area contributed by atoms with Gasteiger partial charge in [0, 0.05) is 0 Å². The Hall–Kier alpha value is -1.36. The summed E-state index contributed by atoms with van der Waals surface area (Å²) in [5.41, 5.74) is 3.74. The molecule has 0 aliphatic carbocycles. The van der Waals surface area contributed by atoms with Crippen LogP contribution in [0.4, 0.5) is 5.82 Å². The van der Waals surface area contributed by atoms with E-state index in [1.165, 1.54) is 6.33 Å². The quantitative estimate of drug-likeness (QED) is 0.607. The van der Waals surface area contributed by atoms with E-state index in [2.05, 4.69) is 36.2 Å². The first-order valence-corrected chi connectivity index (χ1v) is 5.91. The Morgan fingerprint density at radius 3 is 2.59 bits per heavy atom. The molecule has 0 saturated heterocycles. The van der Waals surface area contributed by atoms with Crippen molar-refractivity contribution >= 4 is 5.82 Å². The molecule has 0 amide bonds. The van der Waals surface area contributed by atoms with Crippen molar-refractivity contribution in [3.63, 3.8) is 0 Å². The molecule has 0 fully saturated rings. The third kappa shape index (κ3) is 4.19. The third-order valence-electron chi connectivity index (χ3n) is 2.49. The summed E-state index contributed by atoms with van der Waals surface area (Å²) >= 11 is 0. The lowest BCUT2D eigenvalue weighted by Crippen LogP contribution is -2.15. The summed E-state index contributed by atoms with van der Waals surface area (Å²) in [6.45, 7) is 9.23. The molecule has 0 bridgehead atoms. The first kappa shape index (κ1) is 13.7. The zero-order valence-electron chi connectivity index (χ0n) is 11.1. The van der Waals surface area contributed by atoms with Gasteiger partial charge in [0.2, 0.25) is 5.88 Å². The van der Waals surface area contributed by atoms with Crippen LogP contribution in [-0.4, -0.2) is 16.6 Å². The molecular formula is C12H22N4O. The smallest absolute Gasteiger partial charge is 0.221 e. The number of rotatable bonds is 5. The molecule has 0 spiro atoms. The summed E-state index contributed by atoms with van der Waals surface area (Å²) in [5.74, 6) is 6.65. The monoisotopic (exact) mass is 238 g/mol. The van der Waals surface area contributed by atoms with E-state index in [9.17, 15) is 0 Å². The average Bonchev–Trinajstić information content (AvgIpc) is 2.27. The number of ether oxygens (including phenoxy) is 1. The number of aromatic nitrogens is 2. The van der Waals surface area contributed by atoms with Crippen molar-refractivity contribution in [3.05, 3.63) is 11.9 Å². The van der Waals surface area contributed by atoms with Gasteiger partial charge in [0.25, 0.3) is 0 Å². The zero-order valence-corrected chi connectivity index (χ0v) is 11.1. The highest BCUT2D eigenvalue weighted by Gasteiger charge is 2.13. The van der Waals surface area contributed by atoms with Gasteiger partial charge in [0.05, 0.1) is 12.2 Å². The lowest BCUT2D eigenvalue weighted by Gasteiger charge is -2.18. The van der Waals surface area contributed by atoms with Crippen LogP contribution in [0.3, 0.4) is 0 Å². The van der Waals surface area contributed by atoms with Gasteiger partial charge in [-0.1, -0.05) is 27.7 Å². The molecule has 0 aromatic carbocycles. The molecule has 5 heteroatoms. The van der Waals surface area contributed by atoms with Gasteiger partial charge in [-0.2, -0.15) is 0 Å². The van der Waals surface area contributed by atoms with Crippen molar-refractivity contribution in [2.75, 3.05) is 12.0 Å². The van der Waals surface area contributed by atoms with Gasteiger partial charge in [-0.15, -0.1) is 0 Å². The number of hydrogen-bond acceptors (Lipinski definition) is 5. The van der Waals surface area contributed by atoms with Crippen molar-refractivity contribution in [2.45, 2.75) is 40.5 Å². The van der Waals surface area contributed by atoms with Crippen molar-refractivity contribution in [1.82, 2.24) is 9.97 Å². The fourth-order valence-corrected chi connectivity index (χ4v) is 1.42. The Morgan fingerprint density at radius 2 is 2.06 bits per heavy atom. The first-order valence-electron chi connectivity index (χ1n) is 5.91. The summed E-state index contributed by atoms with van der Waals surface area (Å²) < 4.78 is 5.70. The fraction of sp³-hybridized carbons (Fsp3) is 0.667. The Labute approximate surface area is 103 Å². The summed E-state index contributed by atoms with van der Waals surface area (Å²) in [4.78, 5) is 8.21. The minimum absolute atomic E-state index is 0.258. The number of hydrogen-bond donors (Lipinski definition) is 2. The summed E-state index contributed by atoms with van der Waals surface area (Å²) in [6, 6.07) is 0. The normalized spacial score (nSPS) is 11.4. The maximum Gasteiger partial charge on any atom is 0.221 e. The molecule has 3 N–H and O–H groups in total. The van der Waals surface area contributed by atoms with Crippen LogP contribution < -0.4 is 16.0 Å². The molecule has 0 unspecified atom stereocenters. The van der Waals surface area contributed by atoms with Crippen LogP contribution >= 0.6 is 0 Å². The third-order valence-corrected chi connectivity index (χ3v) is 2.49. The van der Waals surface area contributed by atoms with Gasteiger partial charge in [-0.25, -0.2) is 15.8 Å². The van der Waals surface area contributed by atoms with E-state index in [-0.39, 0.29) is 5.41 Å². The van der Waals surface area contributed by atoms with Gasteiger partial charge in [0.15, 0.2) is 0 Å². The van der Waals surface area contributed by atoms with E-state index in [0.717, 1.165) is 18.4 Å². The molecule has 17 heavy (non-hydrogen) atoms. The van der Waals surface area contributed by atoms with Crippen molar-refractivity contribution < 1.29 is 4.74 Å². The predicted molar refractivity (Wildman–Crippen MR) is 68.8 cm³/mol. The Bertz CT molecular complexity index is 360. The lowest BCUT2D eigenvalue weighted by molar-refractivity contribution is 0.234. The average molecular weight is 238 g/mol. The molecule has 0 saturated carbocycles. The van der Waals surface area contributed by atoms with Crippen molar-refractivity contribution in [3.8, 4) is 5.88 Å². The van der Waals surface area contributed by atoms with Gasteiger partial charge in [-0.05, 0) is 18.3 Å². The second-order valence-corrected chi connectivity index (χ2v) is 5.16. The fourth-order valence-electron chi connectivity index (χ4n) is 1.42. The highest BCUT2D eigenvalue weighted by molar-refractivity contribution is 5.47. The Balaban J connectivity index is 2.70. The van der Waals surface area contributed by atoms with Crippen LogP contribution in [0, 0.1) is 5.41 Å². The number of nitrogen functional groups attached to an aromatic ring is 1. The predicted octanol–water partition coefficient (Wildman–Crippen LogP) is 2.14. The number of nitrogens with one attached hydrogen (secondary N) is 1. The van der Waals surface area contributed by atoms with Crippen LogP contribution in [0.1, 0.15) is 39.7 Å². The lowest BCUT2D eigenvalue weighted by atomic mass is 9.93. The molecule has 96 valence electrons. The summed E-state index contributed by atoms with van der Waals surface area (Å²) in [5, 5.41) is 0. The van der Waals surface area contributed by atoms with Crippen LogP contribution in [0.5, 0.6) is 5.88 Å². The zero-order chi connectivity index (χ0) is 12.9. The number of nitrogens with zero attached hydrogens (tertiary/aromatic N) is 2. The van der Waals surface area contributed by atoms with Crippen LogP contribution in [-0.2, 0) is 6.42 Å². The van der Waals surface area contributed by atoms with Gasteiger partial charge in [0.1, 0.15) is 12.1 Å². The minimum Gasteiger partial charge on any atom is -0.477 e. The van der Waals surface area contributed by atoms with E-state index >= 15 is 0 Å². The number of anilines is 1. The number of hydrazine groups is 1. The molecule has 1 heterocycles. The SMILES string of the molecule is CCc1c(NN)ncnc1OCCC(C)(C)C. The maximum atomic E-state index is 5.70. The van der Waals surface area contributed by atoms with E-state index in [1.54, 1.807) is 0 Å². The van der Waals surface area contributed by atoms with Crippen LogP contribution in [0.15, 0.2) is 6.33 Å². The molecule has 0 radical (unpaired) electrons. The molecule has 0 aliphatic heterocycles. The molecular weight excluding hydrogens is 216 g/mol. The Kier molecular flexibility index (Phi) is 4.69. The van der Waals surface area contributed by atoms with E-state index in [1.807, 2.05) is 6.92 Å². The largest absolute Gasteiger partial charge is 0.477 e. The topological polar surface area (TPSA) is 73.1 Å². The van der Waals surface area contributed by atoms with Crippen molar-refractivity contribution in [2.24, 2.45) is 11.3 Å². The highest BCUT2D eigenvalue weighted by Crippen LogP contribution is 2.23. The van der Waals surface area contributed by atoms with Gasteiger partial charge >= 0.3 is 0 Å². The molecule has 0 atom stereocenters. The van der Waals surface area contributed by atoms with E-state index in [0.29, 0.717) is 18.3 Å². The first-order chi connectivity index (χ1) is 7.98. The van der Waals surface area contributed by atoms with Gasteiger partial charge in [-0.3, -0.25) is 0 Å². The second kappa shape index (κ2) is 5.82. The standard InChI is InChI=1S/C12H22N4O/c1-5-9-10(16-13)14-8-15-11(9)17-7-6-12(2,3)4/h8H,5-7,13H2,1-4H3,(H,14,15,16). The molecule has 0 aliphatic rings. The maximum absolute atomic E-state index is 5.70. The molecule has 5 nitrogen and oxygen atoms in total. The molecule has 1 aromatic rings.